The molecule has 2 heterocycles. The number of ether oxygens (including phenoxy) is 3. The molecule has 0 aliphatic carbocycles. The number of pyridine rings is 1. The van der Waals surface area contributed by atoms with Gasteiger partial charge in [0, 0.05) is 31.3 Å². The molecule has 0 bridgehead atoms. The highest BCUT2D eigenvalue weighted by molar-refractivity contribution is 5.88. The largest absolute Gasteiger partial charge is 0.461 e. The van der Waals surface area contributed by atoms with Gasteiger partial charge in [-0.3, -0.25) is 9.88 Å². The fourth-order valence-electron chi connectivity index (χ4n) is 3.09. The van der Waals surface area contributed by atoms with Crippen molar-refractivity contribution in [1.29, 1.82) is 5.26 Å². The minimum Gasteiger partial charge on any atom is -0.461 e. The summed E-state index contributed by atoms with van der Waals surface area (Å²) in [4.78, 5) is 19.0. The average molecular weight is 409 g/mol. The minimum atomic E-state index is -0.740. The third-order valence-electron chi connectivity index (χ3n) is 4.57. The van der Waals surface area contributed by atoms with Crippen molar-refractivity contribution in [3.05, 3.63) is 52.8 Å². The number of fused-ring (bicyclic) bond motifs is 1. The Bertz CT molecular complexity index is 985. The number of hydrogen-bond donors (Lipinski definition) is 0. The van der Waals surface area contributed by atoms with Gasteiger partial charge in [0.05, 0.1) is 30.5 Å². The molecule has 3 rings (SSSR count). The maximum Gasteiger partial charge on any atom is 0.415 e. The summed E-state index contributed by atoms with van der Waals surface area (Å²) in [6.07, 6.45) is 1.25. The molecule has 1 aromatic heterocycles. The zero-order chi connectivity index (χ0) is 22.1. The van der Waals surface area contributed by atoms with Crippen molar-refractivity contribution < 1.29 is 19.0 Å². The molecule has 0 spiro atoms. The van der Waals surface area contributed by atoms with Crippen molar-refractivity contribution in [2.45, 2.75) is 66.1 Å². The summed E-state index contributed by atoms with van der Waals surface area (Å²) < 4.78 is 17.4. The van der Waals surface area contributed by atoms with Crippen LogP contribution in [0.2, 0.25) is 0 Å². The summed E-state index contributed by atoms with van der Waals surface area (Å²) in [6.45, 7) is 11.6. The molecule has 30 heavy (non-hydrogen) atoms. The Labute approximate surface area is 177 Å². The SMILES string of the molecule is Cc1ncc(CN(C(=O)OC(C)(C)C)c2ccc(C#N)cc2)c2c1OC(C)(C)OC2. The van der Waals surface area contributed by atoms with Crippen molar-refractivity contribution in [3.8, 4) is 11.8 Å². The fourth-order valence-corrected chi connectivity index (χ4v) is 3.09. The van der Waals surface area contributed by atoms with Gasteiger partial charge in [-0.1, -0.05) is 0 Å². The van der Waals surface area contributed by atoms with Gasteiger partial charge in [0.15, 0.2) is 0 Å². The molecule has 158 valence electrons. The first kappa shape index (κ1) is 21.6. The van der Waals surface area contributed by atoms with E-state index >= 15 is 0 Å². The van der Waals surface area contributed by atoms with Gasteiger partial charge in [-0.05, 0) is 57.5 Å². The normalized spacial score (nSPS) is 14.8. The highest BCUT2D eigenvalue weighted by Gasteiger charge is 2.32. The van der Waals surface area contributed by atoms with Gasteiger partial charge in [0.2, 0.25) is 5.79 Å². The van der Waals surface area contributed by atoms with E-state index in [1.165, 1.54) is 4.90 Å². The molecule has 7 heteroatoms. The second kappa shape index (κ2) is 7.96. The van der Waals surface area contributed by atoms with Gasteiger partial charge in [-0.15, -0.1) is 0 Å². The van der Waals surface area contributed by atoms with Gasteiger partial charge in [0.1, 0.15) is 11.4 Å². The molecule has 1 aromatic carbocycles. The van der Waals surface area contributed by atoms with E-state index in [9.17, 15) is 4.79 Å². The lowest BCUT2D eigenvalue weighted by Gasteiger charge is -2.35. The van der Waals surface area contributed by atoms with E-state index in [1.54, 1.807) is 30.5 Å². The number of benzene rings is 1. The lowest BCUT2D eigenvalue weighted by molar-refractivity contribution is -0.180. The number of rotatable bonds is 3. The lowest BCUT2D eigenvalue weighted by Crippen LogP contribution is -2.38. The van der Waals surface area contributed by atoms with Gasteiger partial charge >= 0.3 is 6.09 Å². The van der Waals surface area contributed by atoms with Crippen LogP contribution in [-0.2, 0) is 22.6 Å². The van der Waals surface area contributed by atoms with Crippen molar-refractivity contribution in [2.24, 2.45) is 0 Å². The Morgan fingerprint density at radius 3 is 2.57 bits per heavy atom. The zero-order valence-electron chi connectivity index (χ0n) is 18.3. The van der Waals surface area contributed by atoms with E-state index in [-0.39, 0.29) is 6.54 Å². The van der Waals surface area contributed by atoms with Crippen LogP contribution < -0.4 is 9.64 Å². The van der Waals surface area contributed by atoms with Crippen molar-refractivity contribution >= 4 is 11.8 Å². The number of anilines is 1. The second-order valence-electron chi connectivity index (χ2n) is 8.69. The van der Waals surface area contributed by atoms with Crippen LogP contribution in [0.3, 0.4) is 0 Å². The second-order valence-corrected chi connectivity index (χ2v) is 8.69. The molecule has 0 saturated carbocycles. The van der Waals surface area contributed by atoms with Crippen molar-refractivity contribution in [1.82, 2.24) is 4.98 Å². The van der Waals surface area contributed by atoms with Crippen LogP contribution in [0.15, 0.2) is 30.5 Å². The van der Waals surface area contributed by atoms with Gasteiger partial charge in [0.25, 0.3) is 0 Å². The average Bonchev–Trinajstić information content (AvgIpc) is 2.66. The van der Waals surface area contributed by atoms with Gasteiger partial charge in [-0.2, -0.15) is 5.26 Å². The topological polar surface area (TPSA) is 84.7 Å². The number of carbonyl (C=O) groups excluding carboxylic acids is 1. The Balaban J connectivity index is 1.99. The predicted octanol–water partition coefficient (Wildman–Crippen LogP) is 4.85. The maximum absolute atomic E-state index is 13.0. The standard InChI is InChI=1S/C23H27N3O4/c1-15-20-19(14-28-23(5,6)29-20)17(12-25-15)13-26(21(27)30-22(2,3)4)18-9-7-16(11-24)8-10-18/h7-10,12H,13-14H2,1-6H3. The van der Waals surface area contributed by atoms with Crippen LogP contribution in [-0.4, -0.2) is 22.5 Å². The molecule has 2 aromatic rings. The van der Waals surface area contributed by atoms with E-state index < -0.39 is 17.5 Å². The van der Waals surface area contributed by atoms with E-state index in [2.05, 4.69) is 11.1 Å². The number of hydrogen-bond acceptors (Lipinski definition) is 6. The van der Waals surface area contributed by atoms with Gasteiger partial charge in [-0.25, -0.2) is 4.79 Å². The lowest BCUT2D eigenvalue weighted by atomic mass is 10.1. The van der Waals surface area contributed by atoms with E-state index in [4.69, 9.17) is 19.5 Å². The van der Waals surface area contributed by atoms with Crippen LogP contribution >= 0.6 is 0 Å². The summed E-state index contributed by atoms with van der Waals surface area (Å²) in [7, 11) is 0. The first-order valence-corrected chi connectivity index (χ1v) is 9.80. The number of nitriles is 1. The molecule has 1 aliphatic heterocycles. The van der Waals surface area contributed by atoms with Crippen LogP contribution in [0.25, 0.3) is 0 Å². The molecule has 7 nitrogen and oxygen atoms in total. The minimum absolute atomic E-state index is 0.226. The molecule has 0 atom stereocenters. The van der Waals surface area contributed by atoms with E-state index in [0.29, 0.717) is 23.6 Å². The Kier molecular flexibility index (Phi) is 5.73. The quantitative estimate of drug-likeness (QED) is 0.720. The first-order valence-electron chi connectivity index (χ1n) is 9.80. The van der Waals surface area contributed by atoms with Gasteiger partial charge < -0.3 is 14.2 Å². The molecule has 0 saturated heterocycles. The first-order chi connectivity index (χ1) is 14.0. The van der Waals surface area contributed by atoms with Crippen LogP contribution in [0.1, 0.15) is 57.0 Å². The third kappa shape index (κ3) is 4.89. The molecule has 0 fully saturated rings. The van der Waals surface area contributed by atoms with Crippen LogP contribution in [0.4, 0.5) is 10.5 Å². The van der Waals surface area contributed by atoms with Crippen molar-refractivity contribution in [2.75, 3.05) is 4.90 Å². The summed E-state index contributed by atoms with van der Waals surface area (Å²) in [5, 5.41) is 9.07. The van der Waals surface area contributed by atoms with E-state index in [1.807, 2.05) is 41.5 Å². The Morgan fingerprint density at radius 1 is 1.30 bits per heavy atom. The highest BCUT2D eigenvalue weighted by Crippen LogP contribution is 2.36. The summed E-state index contributed by atoms with van der Waals surface area (Å²) in [6, 6.07) is 8.89. The Morgan fingerprint density at radius 2 is 1.97 bits per heavy atom. The molecule has 0 N–H and O–H groups in total. The van der Waals surface area contributed by atoms with Crippen LogP contribution in [0.5, 0.6) is 5.75 Å². The van der Waals surface area contributed by atoms with Crippen LogP contribution in [0, 0.1) is 18.3 Å². The van der Waals surface area contributed by atoms with E-state index in [0.717, 1.165) is 16.8 Å². The van der Waals surface area contributed by atoms with Crippen molar-refractivity contribution in [3.63, 3.8) is 0 Å². The monoisotopic (exact) mass is 409 g/mol. The maximum atomic E-state index is 13.0. The predicted molar refractivity (Wildman–Crippen MR) is 112 cm³/mol. The molecule has 1 amide bonds. The number of nitrogens with zero attached hydrogens (tertiary/aromatic N) is 3. The molecule has 0 radical (unpaired) electrons. The number of carbonyl (C=O) groups is 1. The zero-order valence-corrected chi connectivity index (χ0v) is 18.3. The summed E-state index contributed by atoms with van der Waals surface area (Å²) in [5.74, 6) is -0.0523. The highest BCUT2D eigenvalue weighted by atomic mass is 16.7. The molecule has 0 unspecified atom stereocenters. The summed E-state index contributed by atoms with van der Waals surface area (Å²) in [5.41, 5.74) is 2.93. The number of aromatic nitrogens is 1. The Hall–Kier alpha value is -3.11. The third-order valence-corrected chi connectivity index (χ3v) is 4.57. The molecular weight excluding hydrogens is 382 g/mol. The number of amides is 1. The molecule has 1 aliphatic rings. The fraction of sp³-hybridized carbons (Fsp3) is 0.435. The smallest absolute Gasteiger partial charge is 0.415 e. The summed E-state index contributed by atoms with van der Waals surface area (Å²) >= 11 is 0. The number of aryl methyl sites for hydroxylation is 1. The molecular formula is C23H27N3O4.